The predicted octanol–water partition coefficient (Wildman–Crippen LogP) is 2.56. The molecule has 120 valence electrons. The largest absolute Gasteiger partial charge is 0.508 e. The van der Waals surface area contributed by atoms with Gasteiger partial charge in [-0.3, -0.25) is 20.4 Å². The smallest absolute Gasteiger partial charge is 0.269 e. The molecule has 2 aromatic carbocycles. The number of benzene rings is 2. The number of rotatable bonds is 4. The van der Waals surface area contributed by atoms with Crippen LogP contribution in [-0.4, -0.2) is 22.7 Å². The standard InChI is InChI=1S/C17H18N2O3S/c1-11-6-7-15(8-12(11)2)23-10-16(21)18-19-17(22)13-4-3-5-14(20)9-13/h3-9,20H,10H2,1-2H3,(H,18,21)(H,19,22). The van der Waals surface area contributed by atoms with E-state index >= 15 is 0 Å². The summed E-state index contributed by atoms with van der Waals surface area (Å²) >= 11 is 1.40. The van der Waals surface area contributed by atoms with Crippen molar-refractivity contribution in [2.75, 3.05) is 5.75 Å². The molecule has 0 saturated heterocycles. The van der Waals surface area contributed by atoms with Crippen molar-refractivity contribution in [3.8, 4) is 5.75 Å². The third-order valence-electron chi connectivity index (χ3n) is 3.27. The van der Waals surface area contributed by atoms with Crippen LogP contribution in [0.25, 0.3) is 0 Å². The van der Waals surface area contributed by atoms with Gasteiger partial charge >= 0.3 is 0 Å². The van der Waals surface area contributed by atoms with Crippen LogP contribution in [0.4, 0.5) is 0 Å². The number of carbonyl (C=O) groups excluding carboxylic acids is 2. The number of hydrogen-bond acceptors (Lipinski definition) is 4. The van der Waals surface area contributed by atoms with Gasteiger partial charge < -0.3 is 5.11 Å². The van der Waals surface area contributed by atoms with Gasteiger partial charge in [0, 0.05) is 10.5 Å². The van der Waals surface area contributed by atoms with Gasteiger partial charge in [-0.2, -0.15) is 0 Å². The van der Waals surface area contributed by atoms with Crippen LogP contribution in [-0.2, 0) is 4.79 Å². The van der Waals surface area contributed by atoms with Gasteiger partial charge in [-0.05, 0) is 55.3 Å². The maximum absolute atomic E-state index is 11.8. The number of hydrogen-bond donors (Lipinski definition) is 3. The summed E-state index contributed by atoms with van der Waals surface area (Å²) in [7, 11) is 0. The summed E-state index contributed by atoms with van der Waals surface area (Å²) in [6.07, 6.45) is 0. The number of amides is 2. The van der Waals surface area contributed by atoms with Crippen LogP contribution in [0, 0.1) is 13.8 Å². The molecule has 23 heavy (non-hydrogen) atoms. The monoisotopic (exact) mass is 330 g/mol. The summed E-state index contributed by atoms with van der Waals surface area (Å²) in [4.78, 5) is 24.6. The normalized spacial score (nSPS) is 10.2. The molecule has 0 aromatic heterocycles. The van der Waals surface area contributed by atoms with Crippen LogP contribution >= 0.6 is 11.8 Å². The van der Waals surface area contributed by atoms with Gasteiger partial charge in [-0.25, -0.2) is 0 Å². The summed E-state index contributed by atoms with van der Waals surface area (Å²) in [5.74, 6) is -0.593. The first-order valence-electron chi connectivity index (χ1n) is 7.04. The number of phenols is 1. The van der Waals surface area contributed by atoms with Crippen LogP contribution in [0.1, 0.15) is 21.5 Å². The van der Waals surface area contributed by atoms with Crippen molar-refractivity contribution in [3.05, 3.63) is 59.2 Å². The first-order valence-corrected chi connectivity index (χ1v) is 8.02. The van der Waals surface area contributed by atoms with Crippen molar-refractivity contribution < 1.29 is 14.7 Å². The van der Waals surface area contributed by atoms with E-state index in [9.17, 15) is 14.7 Å². The zero-order valence-corrected chi connectivity index (χ0v) is 13.7. The minimum absolute atomic E-state index is 0.00530. The fourth-order valence-electron chi connectivity index (χ4n) is 1.83. The van der Waals surface area contributed by atoms with Gasteiger partial charge in [-0.15, -0.1) is 11.8 Å². The van der Waals surface area contributed by atoms with Gasteiger partial charge in [0.1, 0.15) is 5.75 Å². The Balaban J connectivity index is 1.81. The molecule has 6 heteroatoms. The van der Waals surface area contributed by atoms with Gasteiger partial charge in [0.2, 0.25) is 5.91 Å². The lowest BCUT2D eigenvalue weighted by Gasteiger charge is -2.08. The Morgan fingerprint density at radius 2 is 1.83 bits per heavy atom. The lowest BCUT2D eigenvalue weighted by atomic mass is 10.1. The van der Waals surface area contributed by atoms with E-state index in [1.807, 2.05) is 32.0 Å². The Morgan fingerprint density at radius 1 is 1.04 bits per heavy atom. The highest BCUT2D eigenvalue weighted by molar-refractivity contribution is 8.00. The molecule has 2 rings (SSSR count). The number of nitrogens with one attached hydrogen (secondary N) is 2. The fraction of sp³-hybridized carbons (Fsp3) is 0.176. The lowest BCUT2D eigenvalue weighted by molar-refractivity contribution is -0.119. The van der Waals surface area contributed by atoms with E-state index in [4.69, 9.17) is 0 Å². The van der Waals surface area contributed by atoms with Crippen LogP contribution < -0.4 is 10.9 Å². The Morgan fingerprint density at radius 3 is 2.52 bits per heavy atom. The van der Waals surface area contributed by atoms with Crippen LogP contribution in [0.5, 0.6) is 5.75 Å². The molecule has 0 atom stereocenters. The maximum atomic E-state index is 11.8. The van der Waals surface area contributed by atoms with E-state index in [2.05, 4.69) is 10.9 Å². The third-order valence-corrected chi connectivity index (χ3v) is 4.27. The highest BCUT2D eigenvalue weighted by Gasteiger charge is 2.08. The molecule has 2 aromatic rings. The lowest BCUT2D eigenvalue weighted by Crippen LogP contribution is -2.42. The van der Waals surface area contributed by atoms with Crippen LogP contribution in [0.2, 0.25) is 0 Å². The molecule has 3 N–H and O–H groups in total. The number of thioether (sulfide) groups is 1. The zero-order chi connectivity index (χ0) is 16.8. The minimum Gasteiger partial charge on any atom is -0.508 e. The first-order chi connectivity index (χ1) is 11.0. The third kappa shape index (κ3) is 5.03. The molecule has 0 radical (unpaired) electrons. The Labute approximate surface area is 139 Å². The summed E-state index contributed by atoms with van der Waals surface area (Å²) < 4.78 is 0. The van der Waals surface area contributed by atoms with Gasteiger partial charge in [0.05, 0.1) is 5.75 Å². The second kappa shape index (κ2) is 7.69. The van der Waals surface area contributed by atoms with Gasteiger partial charge in [-0.1, -0.05) is 12.1 Å². The van der Waals surface area contributed by atoms with Gasteiger partial charge in [0.15, 0.2) is 0 Å². The van der Waals surface area contributed by atoms with E-state index in [1.165, 1.54) is 35.0 Å². The molecule has 5 nitrogen and oxygen atoms in total. The molecule has 0 bridgehead atoms. The number of phenolic OH excluding ortho intramolecular Hbond substituents is 1. The van der Waals surface area contributed by atoms with E-state index in [1.54, 1.807) is 12.1 Å². The summed E-state index contributed by atoms with van der Waals surface area (Å²) in [6.45, 7) is 4.06. The topological polar surface area (TPSA) is 78.4 Å². The Kier molecular flexibility index (Phi) is 5.65. The van der Waals surface area contributed by atoms with E-state index in [0.29, 0.717) is 0 Å². The van der Waals surface area contributed by atoms with E-state index < -0.39 is 5.91 Å². The first kappa shape index (κ1) is 16.9. The van der Waals surface area contributed by atoms with Crippen molar-refractivity contribution in [1.82, 2.24) is 10.9 Å². The minimum atomic E-state index is -0.481. The number of aromatic hydroxyl groups is 1. The molecular weight excluding hydrogens is 312 g/mol. The van der Waals surface area contributed by atoms with Crippen molar-refractivity contribution in [1.29, 1.82) is 0 Å². The predicted molar refractivity (Wildman–Crippen MR) is 90.4 cm³/mol. The van der Waals surface area contributed by atoms with Crippen molar-refractivity contribution in [3.63, 3.8) is 0 Å². The Bertz CT molecular complexity index is 732. The number of aryl methyl sites for hydroxylation is 2. The molecule has 2 amide bonds. The molecule has 0 aliphatic carbocycles. The van der Waals surface area contributed by atoms with Crippen molar-refractivity contribution >= 4 is 23.6 Å². The maximum Gasteiger partial charge on any atom is 0.269 e. The second-order valence-electron chi connectivity index (χ2n) is 5.09. The fourth-order valence-corrected chi connectivity index (χ4v) is 2.63. The molecule has 0 aliphatic heterocycles. The van der Waals surface area contributed by atoms with Crippen LogP contribution in [0.15, 0.2) is 47.4 Å². The molecular formula is C17H18N2O3S. The van der Waals surface area contributed by atoms with E-state index in [0.717, 1.165) is 4.90 Å². The summed E-state index contributed by atoms with van der Waals surface area (Å²) in [5, 5.41) is 9.32. The summed E-state index contributed by atoms with van der Waals surface area (Å²) in [5.41, 5.74) is 7.33. The second-order valence-corrected chi connectivity index (χ2v) is 6.14. The average molecular weight is 330 g/mol. The quantitative estimate of drug-likeness (QED) is 0.595. The molecule has 0 unspecified atom stereocenters. The number of carbonyl (C=O) groups is 2. The average Bonchev–Trinajstić information content (AvgIpc) is 2.53. The molecule has 0 fully saturated rings. The van der Waals surface area contributed by atoms with Crippen LogP contribution in [0.3, 0.4) is 0 Å². The highest BCUT2D eigenvalue weighted by atomic mass is 32.2. The zero-order valence-electron chi connectivity index (χ0n) is 12.9. The molecule has 0 aliphatic rings. The van der Waals surface area contributed by atoms with Gasteiger partial charge in [0.25, 0.3) is 5.91 Å². The SMILES string of the molecule is Cc1ccc(SCC(=O)NNC(=O)c2cccc(O)c2)cc1C. The molecule has 0 saturated carbocycles. The highest BCUT2D eigenvalue weighted by Crippen LogP contribution is 2.20. The van der Waals surface area contributed by atoms with Crippen molar-refractivity contribution in [2.45, 2.75) is 18.7 Å². The van der Waals surface area contributed by atoms with E-state index in [-0.39, 0.29) is 23.0 Å². The summed E-state index contributed by atoms with van der Waals surface area (Å²) in [6, 6.07) is 11.9. The molecule has 0 heterocycles. The Hall–Kier alpha value is -2.47. The molecule has 0 spiro atoms. The number of hydrazine groups is 1. The van der Waals surface area contributed by atoms with Crippen molar-refractivity contribution in [2.24, 2.45) is 0 Å².